The number of rotatable bonds is 8. The Bertz CT molecular complexity index is 523. The molecule has 0 aliphatic heterocycles. The number of carboxylic acids is 1. The summed E-state index contributed by atoms with van der Waals surface area (Å²) in [5.41, 5.74) is 5.25. The molecular weight excluding hydrogens is 276 g/mol. The summed E-state index contributed by atoms with van der Waals surface area (Å²) in [6.07, 6.45) is 1.58. The van der Waals surface area contributed by atoms with Crippen LogP contribution in [-0.4, -0.2) is 47.5 Å². The van der Waals surface area contributed by atoms with E-state index in [1.165, 1.54) is 12.1 Å². The first-order chi connectivity index (χ1) is 9.93. The van der Waals surface area contributed by atoms with Crippen molar-refractivity contribution in [2.24, 2.45) is 5.73 Å². The van der Waals surface area contributed by atoms with E-state index >= 15 is 0 Å². The predicted molar refractivity (Wildman–Crippen MR) is 74.9 cm³/mol. The van der Waals surface area contributed by atoms with E-state index in [4.69, 9.17) is 15.6 Å². The number of amides is 2. The van der Waals surface area contributed by atoms with E-state index in [-0.39, 0.29) is 5.56 Å². The summed E-state index contributed by atoms with van der Waals surface area (Å²) in [4.78, 5) is 34.6. The minimum atomic E-state index is -1.23. The molecular formula is C14H16N2O5. The second kappa shape index (κ2) is 7.68. The fourth-order valence-corrected chi connectivity index (χ4v) is 1.58. The first-order valence-corrected chi connectivity index (χ1v) is 6.07. The van der Waals surface area contributed by atoms with Gasteiger partial charge in [0.2, 0.25) is 5.91 Å². The van der Waals surface area contributed by atoms with E-state index in [9.17, 15) is 14.4 Å². The number of ether oxygens (including phenoxy) is 1. The van der Waals surface area contributed by atoms with Gasteiger partial charge >= 0.3 is 5.97 Å². The molecule has 112 valence electrons. The van der Waals surface area contributed by atoms with Gasteiger partial charge in [0.25, 0.3) is 5.91 Å². The number of benzene rings is 1. The van der Waals surface area contributed by atoms with Gasteiger partial charge in [0.15, 0.2) is 0 Å². The number of carbonyl (C=O) groups is 3. The molecule has 3 N–H and O–H groups in total. The summed E-state index contributed by atoms with van der Waals surface area (Å²) in [7, 11) is 0. The molecule has 2 amide bonds. The second-order valence-corrected chi connectivity index (χ2v) is 4.15. The molecule has 7 nitrogen and oxygen atoms in total. The van der Waals surface area contributed by atoms with E-state index in [0.29, 0.717) is 12.4 Å². The van der Waals surface area contributed by atoms with E-state index in [2.05, 4.69) is 6.58 Å². The summed E-state index contributed by atoms with van der Waals surface area (Å²) in [6, 6.07) is 6.10. The molecule has 0 spiro atoms. The van der Waals surface area contributed by atoms with Crippen molar-refractivity contribution in [1.29, 1.82) is 0 Å². The third-order valence-electron chi connectivity index (χ3n) is 2.43. The quantitative estimate of drug-likeness (QED) is 0.668. The highest BCUT2D eigenvalue weighted by Crippen LogP contribution is 2.13. The molecule has 0 bridgehead atoms. The van der Waals surface area contributed by atoms with Crippen LogP contribution in [0, 0.1) is 0 Å². The van der Waals surface area contributed by atoms with Gasteiger partial charge in [-0.05, 0) is 24.3 Å². The fourth-order valence-electron chi connectivity index (χ4n) is 1.58. The van der Waals surface area contributed by atoms with Crippen molar-refractivity contribution in [3.05, 3.63) is 42.5 Å². The third-order valence-corrected chi connectivity index (χ3v) is 2.43. The SMILES string of the molecule is C=CCOc1ccc(C(=O)N(CC(N)=O)CC(=O)O)cc1. The normalized spacial score (nSPS) is 9.71. The van der Waals surface area contributed by atoms with Gasteiger partial charge in [0, 0.05) is 5.56 Å². The molecule has 0 saturated carbocycles. The van der Waals surface area contributed by atoms with Crippen molar-refractivity contribution < 1.29 is 24.2 Å². The van der Waals surface area contributed by atoms with E-state index in [0.717, 1.165) is 4.90 Å². The van der Waals surface area contributed by atoms with Crippen LogP contribution in [0.15, 0.2) is 36.9 Å². The lowest BCUT2D eigenvalue weighted by Crippen LogP contribution is -2.41. The highest BCUT2D eigenvalue weighted by Gasteiger charge is 2.20. The lowest BCUT2D eigenvalue weighted by molar-refractivity contribution is -0.138. The summed E-state index contributed by atoms with van der Waals surface area (Å²) in [5.74, 6) is -2.05. The van der Waals surface area contributed by atoms with E-state index in [1.807, 2.05) is 0 Å². The zero-order valence-electron chi connectivity index (χ0n) is 11.3. The number of nitrogens with zero attached hydrogens (tertiary/aromatic N) is 1. The van der Waals surface area contributed by atoms with Gasteiger partial charge < -0.3 is 20.5 Å². The average molecular weight is 292 g/mol. The Morgan fingerprint density at radius 2 is 1.86 bits per heavy atom. The molecule has 7 heteroatoms. The van der Waals surface area contributed by atoms with E-state index in [1.54, 1.807) is 18.2 Å². The zero-order chi connectivity index (χ0) is 15.8. The zero-order valence-corrected chi connectivity index (χ0v) is 11.3. The maximum Gasteiger partial charge on any atom is 0.323 e. The molecule has 0 fully saturated rings. The van der Waals surface area contributed by atoms with Gasteiger partial charge in [-0.25, -0.2) is 0 Å². The number of nitrogens with two attached hydrogens (primary N) is 1. The number of carboxylic acid groups (broad SMARTS) is 1. The van der Waals surface area contributed by atoms with Crippen LogP contribution in [0.25, 0.3) is 0 Å². The number of hydrogen-bond donors (Lipinski definition) is 2. The van der Waals surface area contributed by atoms with Crippen molar-refractivity contribution in [2.45, 2.75) is 0 Å². The van der Waals surface area contributed by atoms with Gasteiger partial charge in [-0.2, -0.15) is 0 Å². The molecule has 0 unspecified atom stereocenters. The topological polar surface area (TPSA) is 110 Å². The maximum absolute atomic E-state index is 12.1. The van der Waals surface area contributed by atoms with Crippen LogP contribution in [0.5, 0.6) is 5.75 Å². The number of primary amides is 1. The standard InChI is InChI=1S/C14H16N2O5/c1-2-7-21-11-5-3-10(4-6-11)14(20)16(8-12(15)17)9-13(18)19/h2-6H,1,7-9H2,(H2,15,17)(H,18,19). The Morgan fingerprint density at radius 3 is 2.33 bits per heavy atom. The van der Waals surface area contributed by atoms with Gasteiger partial charge in [-0.3, -0.25) is 14.4 Å². The number of aliphatic carboxylic acids is 1. The van der Waals surface area contributed by atoms with Crippen LogP contribution in [0.2, 0.25) is 0 Å². The molecule has 0 saturated heterocycles. The monoisotopic (exact) mass is 292 g/mol. The minimum absolute atomic E-state index is 0.239. The van der Waals surface area contributed by atoms with Crippen molar-refractivity contribution in [3.8, 4) is 5.75 Å². The molecule has 0 atom stereocenters. The van der Waals surface area contributed by atoms with Crippen LogP contribution in [0.3, 0.4) is 0 Å². The average Bonchev–Trinajstić information content (AvgIpc) is 2.43. The van der Waals surface area contributed by atoms with Crippen LogP contribution < -0.4 is 10.5 Å². The lowest BCUT2D eigenvalue weighted by atomic mass is 10.2. The smallest absolute Gasteiger partial charge is 0.323 e. The van der Waals surface area contributed by atoms with Crippen molar-refractivity contribution >= 4 is 17.8 Å². The van der Waals surface area contributed by atoms with Gasteiger partial charge in [-0.1, -0.05) is 12.7 Å². The molecule has 0 heterocycles. The summed E-state index contributed by atoms with van der Waals surface area (Å²) in [5, 5.41) is 8.76. The Hall–Kier alpha value is -2.83. The molecule has 1 aromatic rings. The number of carbonyl (C=O) groups excluding carboxylic acids is 2. The van der Waals surface area contributed by atoms with Gasteiger partial charge in [0.1, 0.15) is 25.4 Å². The van der Waals surface area contributed by atoms with Crippen molar-refractivity contribution in [3.63, 3.8) is 0 Å². The predicted octanol–water partition coefficient (Wildman–Crippen LogP) is 0.264. The Balaban J connectivity index is 2.84. The summed E-state index contributed by atoms with van der Waals surface area (Å²) in [6.45, 7) is 2.79. The molecule has 21 heavy (non-hydrogen) atoms. The molecule has 0 aliphatic carbocycles. The Labute approximate surface area is 121 Å². The molecule has 1 aromatic carbocycles. The first-order valence-electron chi connectivity index (χ1n) is 6.07. The third kappa shape index (κ3) is 5.35. The molecule has 1 rings (SSSR count). The van der Waals surface area contributed by atoms with Crippen LogP contribution in [0.4, 0.5) is 0 Å². The van der Waals surface area contributed by atoms with E-state index < -0.39 is 30.9 Å². The molecule has 0 aromatic heterocycles. The Kier molecular flexibility index (Phi) is 5.94. The number of hydrogen-bond acceptors (Lipinski definition) is 4. The van der Waals surface area contributed by atoms with Crippen LogP contribution in [-0.2, 0) is 9.59 Å². The van der Waals surface area contributed by atoms with Gasteiger partial charge in [-0.15, -0.1) is 0 Å². The Morgan fingerprint density at radius 1 is 1.24 bits per heavy atom. The van der Waals surface area contributed by atoms with Crippen LogP contribution in [0.1, 0.15) is 10.4 Å². The first kappa shape index (κ1) is 16.2. The van der Waals surface area contributed by atoms with Gasteiger partial charge in [0.05, 0.1) is 0 Å². The minimum Gasteiger partial charge on any atom is -0.490 e. The van der Waals surface area contributed by atoms with Crippen LogP contribution >= 0.6 is 0 Å². The lowest BCUT2D eigenvalue weighted by Gasteiger charge is -2.19. The maximum atomic E-state index is 12.1. The van der Waals surface area contributed by atoms with Crippen molar-refractivity contribution in [2.75, 3.05) is 19.7 Å². The summed E-state index contributed by atoms with van der Waals surface area (Å²) < 4.78 is 5.27. The highest BCUT2D eigenvalue weighted by molar-refractivity contribution is 5.98. The fraction of sp³-hybridized carbons (Fsp3) is 0.214. The highest BCUT2D eigenvalue weighted by atomic mass is 16.5. The molecule has 0 radical (unpaired) electrons. The molecule has 0 aliphatic rings. The van der Waals surface area contributed by atoms with Crippen molar-refractivity contribution in [1.82, 2.24) is 4.90 Å². The summed E-state index contributed by atoms with van der Waals surface area (Å²) >= 11 is 0. The largest absolute Gasteiger partial charge is 0.490 e. The second-order valence-electron chi connectivity index (χ2n) is 4.15.